The van der Waals surface area contributed by atoms with E-state index in [1.165, 1.54) is 0 Å². The molecule has 0 saturated heterocycles. The number of aromatic amines is 1. The van der Waals surface area contributed by atoms with E-state index in [0.717, 1.165) is 17.8 Å². The fraction of sp³-hybridized carbons (Fsp3) is 0.294. The Morgan fingerprint density at radius 2 is 1.90 bits per heavy atom. The van der Waals surface area contributed by atoms with Crippen molar-refractivity contribution in [1.82, 2.24) is 4.98 Å². The molecule has 21 heavy (non-hydrogen) atoms. The van der Waals surface area contributed by atoms with Gasteiger partial charge in [-0.2, -0.15) is 0 Å². The molecule has 1 heterocycles. The van der Waals surface area contributed by atoms with Gasteiger partial charge in [0.25, 0.3) is 5.91 Å². The summed E-state index contributed by atoms with van der Waals surface area (Å²) < 4.78 is 0. The third-order valence-electron chi connectivity index (χ3n) is 3.81. The molecule has 1 aliphatic carbocycles. The monoisotopic (exact) mass is 282 g/mol. The largest absolute Gasteiger partial charge is 0.364 e. The number of carbonyl (C=O) groups is 2. The Bertz CT molecular complexity index is 699. The molecule has 0 radical (unpaired) electrons. The highest BCUT2D eigenvalue weighted by Crippen LogP contribution is 2.35. The lowest BCUT2D eigenvalue weighted by molar-refractivity contribution is 0.0902. The number of para-hydroxylation sites is 1. The lowest BCUT2D eigenvalue weighted by Crippen LogP contribution is -2.28. The zero-order valence-electron chi connectivity index (χ0n) is 12.2. The number of nitrogens with one attached hydrogen (secondary N) is 2. The minimum absolute atomic E-state index is 0.0423. The highest BCUT2D eigenvalue weighted by atomic mass is 16.2. The number of benzene rings is 1. The molecular weight excluding hydrogens is 264 g/mol. The van der Waals surface area contributed by atoms with Crippen LogP contribution in [0.2, 0.25) is 0 Å². The first-order chi connectivity index (χ1) is 9.96. The van der Waals surface area contributed by atoms with E-state index in [1.54, 1.807) is 6.20 Å². The number of anilines is 1. The molecule has 4 nitrogen and oxygen atoms in total. The van der Waals surface area contributed by atoms with Crippen LogP contribution < -0.4 is 5.32 Å². The van der Waals surface area contributed by atoms with Crippen LogP contribution in [0.5, 0.6) is 0 Å². The van der Waals surface area contributed by atoms with E-state index in [4.69, 9.17) is 0 Å². The van der Waals surface area contributed by atoms with Gasteiger partial charge in [0, 0.05) is 24.0 Å². The van der Waals surface area contributed by atoms with Gasteiger partial charge in [-0.1, -0.05) is 32.0 Å². The average molecular weight is 282 g/mol. The maximum atomic E-state index is 12.4. The SMILES string of the molecule is CC1(C)CC(=O)c2c(C(=O)Nc3ccccc3)c[nH]c2C1. The fourth-order valence-electron chi connectivity index (χ4n) is 2.89. The standard InChI is InChI=1S/C17H18N2O2/c1-17(2)8-13-15(14(20)9-17)12(10-18-13)16(21)19-11-6-4-3-5-7-11/h3-7,10,18H,8-9H2,1-2H3,(H,19,21). The summed E-state index contributed by atoms with van der Waals surface area (Å²) in [6.45, 7) is 4.14. The quantitative estimate of drug-likeness (QED) is 0.886. The first-order valence-corrected chi connectivity index (χ1v) is 7.06. The van der Waals surface area contributed by atoms with Gasteiger partial charge in [-0.25, -0.2) is 0 Å². The van der Waals surface area contributed by atoms with Crippen molar-refractivity contribution in [3.63, 3.8) is 0 Å². The summed E-state index contributed by atoms with van der Waals surface area (Å²) >= 11 is 0. The molecule has 108 valence electrons. The zero-order valence-corrected chi connectivity index (χ0v) is 12.2. The molecule has 4 heteroatoms. The van der Waals surface area contributed by atoms with Crippen LogP contribution in [0.25, 0.3) is 0 Å². The van der Waals surface area contributed by atoms with Crippen molar-refractivity contribution in [2.75, 3.05) is 5.32 Å². The molecule has 1 aromatic carbocycles. The van der Waals surface area contributed by atoms with Crippen molar-refractivity contribution in [2.45, 2.75) is 26.7 Å². The number of H-pyrrole nitrogens is 1. The third-order valence-corrected chi connectivity index (χ3v) is 3.81. The zero-order chi connectivity index (χ0) is 15.0. The number of Topliss-reactive ketones (excluding diaryl/α,β-unsaturated/α-hetero) is 1. The van der Waals surface area contributed by atoms with Gasteiger partial charge >= 0.3 is 0 Å². The molecule has 0 bridgehead atoms. The van der Waals surface area contributed by atoms with E-state index in [-0.39, 0.29) is 17.1 Å². The van der Waals surface area contributed by atoms with Crippen LogP contribution in [0.15, 0.2) is 36.5 Å². The minimum Gasteiger partial charge on any atom is -0.364 e. The topological polar surface area (TPSA) is 62.0 Å². The molecule has 1 aliphatic rings. The van der Waals surface area contributed by atoms with Crippen molar-refractivity contribution in [3.8, 4) is 0 Å². The molecule has 3 rings (SSSR count). The summed E-state index contributed by atoms with van der Waals surface area (Å²) in [5, 5.41) is 2.82. The predicted octanol–water partition coefficient (Wildman–Crippen LogP) is 3.42. The maximum absolute atomic E-state index is 12.4. The van der Waals surface area contributed by atoms with Gasteiger partial charge in [0.1, 0.15) is 0 Å². The summed E-state index contributed by atoms with van der Waals surface area (Å²) in [7, 11) is 0. The maximum Gasteiger partial charge on any atom is 0.257 e. The number of rotatable bonds is 2. The van der Waals surface area contributed by atoms with Gasteiger partial charge in [0.05, 0.1) is 11.1 Å². The van der Waals surface area contributed by atoms with Gasteiger partial charge in [-0.15, -0.1) is 0 Å². The van der Waals surface area contributed by atoms with Crippen LogP contribution in [-0.4, -0.2) is 16.7 Å². The Balaban J connectivity index is 1.90. The summed E-state index contributed by atoms with van der Waals surface area (Å²) in [6, 6.07) is 9.25. The lowest BCUT2D eigenvalue weighted by atomic mass is 9.75. The van der Waals surface area contributed by atoms with Crippen LogP contribution >= 0.6 is 0 Å². The smallest absolute Gasteiger partial charge is 0.257 e. The minimum atomic E-state index is -0.244. The Labute approximate surface area is 123 Å². The summed E-state index contributed by atoms with van der Waals surface area (Å²) in [4.78, 5) is 27.8. The second-order valence-corrected chi connectivity index (χ2v) is 6.32. The van der Waals surface area contributed by atoms with Crippen molar-refractivity contribution < 1.29 is 9.59 Å². The van der Waals surface area contributed by atoms with E-state index < -0.39 is 0 Å². The molecule has 0 saturated carbocycles. The number of hydrogen-bond acceptors (Lipinski definition) is 2. The van der Waals surface area contributed by atoms with Crippen molar-refractivity contribution in [2.24, 2.45) is 5.41 Å². The predicted molar refractivity (Wildman–Crippen MR) is 81.6 cm³/mol. The Hall–Kier alpha value is -2.36. The van der Waals surface area contributed by atoms with Crippen LogP contribution in [0.1, 0.15) is 46.7 Å². The number of amides is 1. The van der Waals surface area contributed by atoms with Crippen LogP contribution in [0, 0.1) is 5.41 Å². The number of carbonyl (C=O) groups excluding carboxylic acids is 2. The molecule has 2 aromatic rings. The second kappa shape index (κ2) is 4.88. The molecule has 0 spiro atoms. The van der Waals surface area contributed by atoms with E-state index in [1.807, 2.05) is 30.3 Å². The first kappa shape index (κ1) is 13.6. The van der Waals surface area contributed by atoms with Gasteiger partial charge in [-0.05, 0) is 24.0 Å². The normalized spacial score (nSPS) is 16.4. The van der Waals surface area contributed by atoms with Crippen molar-refractivity contribution in [3.05, 3.63) is 53.3 Å². The molecule has 1 aromatic heterocycles. The molecule has 0 unspecified atom stereocenters. The summed E-state index contributed by atoms with van der Waals surface area (Å²) in [5.41, 5.74) is 2.54. The van der Waals surface area contributed by atoms with E-state index in [0.29, 0.717) is 17.5 Å². The molecule has 1 amide bonds. The van der Waals surface area contributed by atoms with Gasteiger partial charge in [-0.3, -0.25) is 9.59 Å². The number of aromatic nitrogens is 1. The molecular formula is C17H18N2O2. The van der Waals surface area contributed by atoms with E-state index in [2.05, 4.69) is 24.1 Å². The molecule has 2 N–H and O–H groups in total. The number of hydrogen-bond donors (Lipinski definition) is 2. The van der Waals surface area contributed by atoms with Crippen molar-refractivity contribution >= 4 is 17.4 Å². The average Bonchev–Trinajstić information content (AvgIpc) is 2.82. The van der Waals surface area contributed by atoms with Crippen molar-refractivity contribution in [1.29, 1.82) is 0 Å². The fourth-order valence-corrected chi connectivity index (χ4v) is 2.89. The van der Waals surface area contributed by atoms with E-state index >= 15 is 0 Å². The lowest BCUT2D eigenvalue weighted by Gasteiger charge is -2.28. The molecule has 0 fully saturated rings. The van der Waals surface area contributed by atoms with Crippen LogP contribution in [0.3, 0.4) is 0 Å². The van der Waals surface area contributed by atoms with Gasteiger partial charge in [0.15, 0.2) is 5.78 Å². The van der Waals surface area contributed by atoms with Gasteiger partial charge < -0.3 is 10.3 Å². The molecule has 0 aliphatic heterocycles. The Morgan fingerprint density at radius 3 is 2.62 bits per heavy atom. The summed E-state index contributed by atoms with van der Waals surface area (Å²) in [6.07, 6.45) is 2.90. The number of ketones is 1. The Morgan fingerprint density at radius 1 is 1.19 bits per heavy atom. The highest BCUT2D eigenvalue weighted by molar-refractivity contribution is 6.13. The Kier molecular flexibility index (Phi) is 3.16. The second-order valence-electron chi connectivity index (χ2n) is 6.32. The van der Waals surface area contributed by atoms with E-state index in [9.17, 15) is 9.59 Å². The summed E-state index contributed by atoms with van der Waals surface area (Å²) in [5.74, 6) is -0.201. The molecule has 0 atom stereocenters. The third kappa shape index (κ3) is 2.61. The van der Waals surface area contributed by atoms with Gasteiger partial charge in [0.2, 0.25) is 0 Å². The number of fused-ring (bicyclic) bond motifs is 1. The highest BCUT2D eigenvalue weighted by Gasteiger charge is 2.35. The van der Waals surface area contributed by atoms with Crippen LogP contribution in [-0.2, 0) is 6.42 Å². The van der Waals surface area contributed by atoms with Crippen LogP contribution in [0.4, 0.5) is 5.69 Å². The first-order valence-electron chi connectivity index (χ1n) is 7.06.